The number of benzene rings is 2. The van der Waals surface area contributed by atoms with E-state index in [1.165, 1.54) is 29.2 Å². The number of esters is 1. The summed E-state index contributed by atoms with van der Waals surface area (Å²) in [5.74, 6) is -1.28. The van der Waals surface area contributed by atoms with Crippen LogP contribution in [0.15, 0.2) is 47.4 Å². The van der Waals surface area contributed by atoms with Crippen LogP contribution in [-0.4, -0.2) is 39.7 Å². The number of anilines is 1. The molecule has 0 aliphatic rings. The first-order valence-electron chi connectivity index (χ1n) is 8.84. The Kier molecular flexibility index (Phi) is 7.13. The maximum Gasteiger partial charge on any atom is 0.338 e. The Hall–Kier alpha value is -3.18. The van der Waals surface area contributed by atoms with E-state index in [-0.39, 0.29) is 23.4 Å². The molecule has 0 bridgehead atoms. The molecule has 152 valence electrons. The van der Waals surface area contributed by atoms with Crippen LogP contribution in [0.25, 0.3) is 0 Å². The summed E-state index contributed by atoms with van der Waals surface area (Å²) >= 11 is 0. The van der Waals surface area contributed by atoms with E-state index in [1.807, 2.05) is 38.1 Å². The second-order valence-electron chi connectivity index (χ2n) is 6.68. The van der Waals surface area contributed by atoms with Gasteiger partial charge in [-0.2, -0.15) is 5.26 Å². The van der Waals surface area contributed by atoms with E-state index in [2.05, 4.69) is 0 Å². The Morgan fingerprint density at radius 3 is 2.34 bits per heavy atom. The first-order chi connectivity index (χ1) is 13.6. The molecule has 0 heterocycles. The molecule has 0 saturated heterocycles. The number of hydrogen-bond acceptors (Lipinski definition) is 6. The van der Waals surface area contributed by atoms with Gasteiger partial charge >= 0.3 is 5.97 Å². The van der Waals surface area contributed by atoms with Crippen molar-refractivity contribution >= 4 is 27.4 Å². The molecule has 0 aromatic heterocycles. The van der Waals surface area contributed by atoms with E-state index >= 15 is 0 Å². The van der Waals surface area contributed by atoms with Crippen LogP contribution in [0.5, 0.6) is 0 Å². The fourth-order valence-corrected chi connectivity index (χ4v) is 3.48. The maximum atomic E-state index is 12.7. The van der Waals surface area contributed by atoms with Crippen molar-refractivity contribution in [2.24, 2.45) is 0 Å². The van der Waals surface area contributed by atoms with Gasteiger partial charge in [0.25, 0.3) is 5.91 Å². The average Bonchev–Trinajstić information content (AvgIpc) is 2.65. The van der Waals surface area contributed by atoms with E-state index in [0.29, 0.717) is 5.69 Å². The zero-order valence-electron chi connectivity index (χ0n) is 16.5. The first kappa shape index (κ1) is 22.1. The second-order valence-corrected chi connectivity index (χ2v) is 8.69. The number of carbonyl (C=O) groups excluding carboxylic acids is 2. The fourth-order valence-electron chi connectivity index (χ4n) is 2.81. The van der Waals surface area contributed by atoms with Crippen LogP contribution in [-0.2, 0) is 19.4 Å². The Morgan fingerprint density at radius 1 is 1.10 bits per heavy atom. The van der Waals surface area contributed by atoms with Gasteiger partial charge in [0.15, 0.2) is 16.4 Å². The highest BCUT2D eigenvalue weighted by molar-refractivity contribution is 7.90. The molecule has 0 aliphatic heterocycles. The van der Waals surface area contributed by atoms with Crippen molar-refractivity contribution in [3.8, 4) is 6.07 Å². The quantitative estimate of drug-likeness (QED) is 0.645. The predicted molar refractivity (Wildman–Crippen MR) is 108 cm³/mol. The van der Waals surface area contributed by atoms with Crippen LogP contribution in [0.2, 0.25) is 0 Å². The molecule has 7 nitrogen and oxygen atoms in total. The van der Waals surface area contributed by atoms with E-state index in [4.69, 9.17) is 10.00 Å². The molecule has 0 radical (unpaired) electrons. The van der Waals surface area contributed by atoms with Crippen LogP contribution < -0.4 is 4.90 Å². The van der Waals surface area contributed by atoms with Crippen molar-refractivity contribution in [3.63, 3.8) is 0 Å². The topological polar surface area (TPSA) is 105 Å². The lowest BCUT2D eigenvalue weighted by molar-refractivity contribution is -0.121. The lowest BCUT2D eigenvalue weighted by atomic mass is 10.1. The van der Waals surface area contributed by atoms with Gasteiger partial charge < -0.3 is 9.64 Å². The van der Waals surface area contributed by atoms with Crippen molar-refractivity contribution in [1.82, 2.24) is 0 Å². The number of ether oxygens (including phenoxy) is 1. The average molecular weight is 414 g/mol. The standard InChI is InChI=1S/C21H22N2O5S/c1-15-10-16(2)12-18(11-15)23(9-5-8-22)20(24)14-28-21(25)17-6-4-7-19(13-17)29(3,26)27/h4,6-7,10-13H,5,9,14H2,1-3H3. The van der Waals surface area contributed by atoms with Crippen LogP contribution >= 0.6 is 0 Å². The maximum absolute atomic E-state index is 12.7. The molecule has 2 rings (SSSR count). The summed E-state index contributed by atoms with van der Waals surface area (Å²) in [6, 6.07) is 13.0. The largest absolute Gasteiger partial charge is 0.452 e. The van der Waals surface area contributed by atoms with Gasteiger partial charge in [-0.1, -0.05) is 12.1 Å². The van der Waals surface area contributed by atoms with E-state index < -0.39 is 28.3 Å². The highest BCUT2D eigenvalue weighted by Crippen LogP contribution is 2.20. The minimum absolute atomic E-state index is 0.0100. The van der Waals surface area contributed by atoms with Crippen molar-refractivity contribution in [1.29, 1.82) is 5.26 Å². The predicted octanol–water partition coefficient (Wildman–Crippen LogP) is 2.81. The van der Waals surface area contributed by atoms with Crippen molar-refractivity contribution in [2.45, 2.75) is 25.2 Å². The molecule has 0 spiro atoms. The van der Waals surface area contributed by atoms with Gasteiger partial charge in [-0.05, 0) is 55.3 Å². The van der Waals surface area contributed by atoms with Crippen molar-refractivity contribution in [2.75, 3.05) is 24.3 Å². The molecule has 0 unspecified atom stereocenters. The molecular formula is C21H22N2O5S. The Labute approximate surface area is 170 Å². The zero-order valence-corrected chi connectivity index (χ0v) is 17.3. The molecule has 2 aromatic rings. The lowest BCUT2D eigenvalue weighted by Gasteiger charge is -2.22. The molecule has 0 N–H and O–H groups in total. The molecule has 1 amide bonds. The molecule has 2 aromatic carbocycles. The van der Waals surface area contributed by atoms with Crippen molar-refractivity contribution in [3.05, 3.63) is 59.2 Å². The van der Waals surface area contributed by atoms with Gasteiger partial charge in [-0.15, -0.1) is 0 Å². The van der Waals surface area contributed by atoms with Crippen LogP contribution in [0.1, 0.15) is 27.9 Å². The van der Waals surface area contributed by atoms with Gasteiger partial charge in [0, 0.05) is 18.5 Å². The smallest absolute Gasteiger partial charge is 0.338 e. The minimum Gasteiger partial charge on any atom is -0.452 e. The molecule has 0 aliphatic carbocycles. The summed E-state index contributed by atoms with van der Waals surface area (Å²) in [7, 11) is -3.47. The number of rotatable bonds is 7. The summed E-state index contributed by atoms with van der Waals surface area (Å²) in [5, 5.41) is 8.89. The van der Waals surface area contributed by atoms with Gasteiger partial charge in [0.1, 0.15) is 0 Å². The molecule has 29 heavy (non-hydrogen) atoms. The summed E-state index contributed by atoms with van der Waals surface area (Å²) < 4.78 is 28.4. The fraction of sp³-hybridized carbons (Fsp3) is 0.286. The third kappa shape index (κ3) is 6.16. The number of sulfone groups is 1. The van der Waals surface area contributed by atoms with E-state index in [1.54, 1.807) is 0 Å². The minimum atomic E-state index is -3.47. The number of amides is 1. The summed E-state index contributed by atoms with van der Waals surface area (Å²) in [5.41, 5.74) is 2.59. The third-order valence-electron chi connectivity index (χ3n) is 4.09. The van der Waals surface area contributed by atoms with Crippen LogP contribution in [0, 0.1) is 25.2 Å². The third-order valence-corrected chi connectivity index (χ3v) is 5.20. The van der Waals surface area contributed by atoms with Crippen LogP contribution in [0.4, 0.5) is 5.69 Å². The number of carbonyl (C=O) groups is 2. The zero-order chi connectivity index (χ0) is 21.6. The highest BCUT2D eigenvalue weighted by atomic mass is 32.2. The second kappa shape index (κ2) is 9.34. The van der Waals surface area contributed by atoms with Gasteiger partial charge in [0.2, 0.25) is 0 Å². The van der Waals surface area contributed by atoms with Gasteiger partial charge in [0.05, 0.1) is 22.9 Å². The summed E-state index contributed by atoms with van der Waals surface area (Å²) in [6.07, 6.45) is 1.17. The summed E-state index contributed by atoms with van der Waals surface area (Å²) in [4.78, 5) is 26.3. The molecular weight excluding hydrogens is 392 g/mol. The van der Waals surface area contributed by atoms with Crippen LogP contribution in [0.3, 0.4) is 0 Å². The number of nitrogens with zero attached hydrogens (tertiary/aromatic N) is 2. The number of nitriles is 1. The van der Waals surface area contributed by atoms with E-state index in [0.717, 1.165) is 17.4 Å². The molecule has 8 heteroatoms. The number of aryl methyl sites for hydroxylation is 2. The first-order valence-corrected chi connectivity index (χ1v) is 10.7. The number of hydrogen-bond donors (Lipinski definition) is 0. The normalized spacial score (nSPS) is 10.8. The summed E-state index contributed by atoms with van der Waals surface area (Å²) in [6.45, 7) is 3.44. The van der Waals surface area contributed by atoms with E-state index in [9.17, 15) is 18.0 Å². The Morgan fingerprint density at radius 2 is 1.76 bits per heavy atom. The van der Waals surface area contributed by atoms with Gasteiger partial charge in [-0.3, -0.25) is 4.79 Å². The lowest BCUT2D eigenvalue weighted by Crippen LogP contribution is -2.35. The Bertz CT molecular complexity index is 1050. The van der Waals surface area contributed by atoms with Crippen molar-refractivity contribution < 1.29 is 22.7 Å². The monoisotopic (exact) mass is 414 g/mol. The molecule has 0 fully saturated rings. The highest BCUT2D eigenvalue weighted by Gasteiger charge is 2.19. The molecule has 0 atom stereocenters. The SMILES string of the molecule is Cc1cc(C)cc(N(CCC#N)C(=O)COC(=O)c2cccc(S(C)(=O)=O)c2)c1. The van der Waals surface area contributed by atoms with Gasteiger partial charge in [-0.25, -0.2) is 13.2 Å². The molecule has 0 saturated carbocycles. The Balaban J connectivity index is 2.15.